The molecule has 92 valence electrons. The Morgan fingerprint density at radius 1 is 1.50 bits per heavy atom. The summed E-state index contributed by atoms with van der Waals surface area (Å²) in [5.41, 5.74) is 6.03. The molecule has 0 bridgehead atoms. The number of aromatic hydroxyl groups is 1. The van der Waals surface area contributed by atoms with Crippen molar-refractivity contribution in [2.75, 3.05) is 0 Å². The molecular weight excluding hydrogens is 252 g/mol. The lowest BCUT2D eigenvalue weighted by atomic mass is 10.1. The first kappa shape index (κ1) is 12.3. The summed E-state index contributed by atoms with van der Waals surface area (Å²) in [5.74, 6) is -0.723. The zero-order valence-electron chi connectivity index (χ0n) is 9.51. The van der Waals surface area contributed by atoms with E-state index in [2.05, 4.69) is 4.98 Å². The quantitative estimate of drug-likeness (QED) is 0.824. The van der Waals surface area contributed by atoms with E-state index in [9.17, 15) is 14.7 Å². The zero-order valence-corrected chi connectivity index (χ0v) is 10.3. The summed E-state index contributed by atoms with van der Waals surface area (Å²) in [7, 11) is 0. The van der Waals surface area contributed by atoms with Gasteiger partial charge in [0.1, 0.15) is 16.5 Å². The molecule has 0 atom stereocenters. The summed E-state index contributed by atoms with van der Waals surface area (Å²) >= 11 is 1.25. The van der Waals surface area contributed by atoms with Gasteiger partial charge in [-0.3, -0.25) is 9.59 Å². The van der Waals surface area contributed by atoms with Crippen LogP contribution in [0.4, 0.5) is 0 Å². The van der Waals surface area contributed by atoms with Crippen molar-refractivity contribution < 1.29 is 14.7 Å². The van der Waals surface area contributed by atoms with Crippen LogP contribution in [0.25, 0.3) is 10.6 Å². The summed E-state index contributed by atoms with van der Waals surface area (Å²) in [5, 5.41) is 10.1. The van der Waals surface area contributed by atoms with Crippen LogP contribution < -0.4 is 5.73 Å². The maximum atomic E-state index is 11.1. The summed E-state index contributed by atoms with van der Waals surface area (Å²) in [4.78, 5) is 26.9. The topological polar surface area (TPSA) is 93.3 Å². The number of carbonyl (C=O) groups excluding carboxylic acids is 2. The van der Waals surface area contributed by atoms with Gasteiger partial charge in [0.05, 0.1) is 5.56 Å². The smallest absolute Gasteiger partial charge is 0.268 e. The van der Waals surface area contributed by atoms with E-state index >= 15 is 0 Å². The van der Waals surface area contributed by atoms with Gasteiger partial charge in [-0.25, -0.2) is 4.98 Å². The van der Waals surface area contributed by atoms with Gasteiger partial charge >= 0.3 is 0 Å². The van der Waals surface area contributed by atoms with Gasteiger partial charge in [-0.15, -0.1) is 11.3 Å². The minimum Gasteiger partial charge on any atom is -0.507 e. The largest absolute Gasteiger partial charge is 0.507 e. The number of aryl methyl sites for hydroxylation is 1. The van der Waals surface area contributed by atoms with Crippen LogP contribution in [0.15, 0.2) is 18.2 Å². The Hall–Kier alpha value is -2.21. The van der Waals surface area contributed by atoms with E-state index in [4.69, 9.17) is 5.73 Å². The Kier molecular flexibility index (Phi) is 3.12. The van der Waals surface area contributed by atoms with E-state index in [-0.39, 0.29) is 17.0 Å². The fourth-order valence-electron chi connectivity index (χ4n) is 1.60. The van der Waals surface area contributed by atoms with Gasteiger partial charge < -0.3 is 10.8 Å². The number of aldehydes is 1. The monoisotopic (exact) mass is 262 g/mol. The number of phenolic OH excluding ortho intramolecular Hbond substituents is 1. The number of hydrogen-bond donors (Lipinski definition) is 2. The number of thiazole rings is 1. The van der Waals surface area contributed by atoms with Gasteiger partial charge in [-0.05, 0) is 13.0 Å². The molecule has 2 rings (SSSR count). The molecule has 0 unspecified atom stereocenters. The molecule has 0 saturated carbocycles. The van der Waals surface area contributed by atoms with Crippen molar-refractivity contribution in [2.24, 2.45) is 5.73 Å². The van der Waals surface area contributed by atoms with Gasteiger partial charge in [-0.1, -0.05) is 12.1 Å². The third-order valence-corrected chi connectivity index (χ3v) is 3.47. The highest BCUT2D eigenvalue weighted by atomic mass is 32.1. The molecule has 0 aliphatic rings. The summed E-state index contributed by atoms with van der Waals surface area (Å²) in [6.07, 6.45) is 0.561. The third kappa shape index (κ3) is 1.98. The normalized spacial score (nSPS) is 10.3. The summed E-state index contributed by atoms with van der Waals surface area (Å²) < 4.78 is 0. The molecule has 1 heterocycles. The van der Waals surface area contributed by atoms with Crippen LogP contribution in [0.2, 0.25) is 0 Å². The fraction of sp³-hybridized carbons (Fsp3) is 0.0833. The number of primary amides is 1. The van der Waals surface area contributed by atoms with E-state index in [1.165, 1.54) is 17.4 Å². The van der Waals surface area contributed by atoms with Crippen LogP contribution in [-0.2, 0) is 0 Å². The van der Waals surface area contributed by atoms with Crippen LogP contribution in [0, 0.1) is 6.92 Å². The second kappa shape index (κ2) is 4.58. The average Bonchev–Trinajstić information content (AvgIpc) is 2.71. The first-order valence-electron chi connectivity index (χ1n) is 5.09. The van der Waals surface area contributed by atoms with Crippen molar-refractivity contribution in [3.05, 3.63) is 34.3 Å². The number of phenols is 1. The maximum absolute atomic E-state index is 11.1. The van der Waals surface area contributed by atoms with E-state index in [1.807, 2.05) is 0 Å². The van der Waals surface area contributed by atoms with Gasteiger partial charge in [0, 0.05) is 10.4 Å². The number of hydrogen-bond acceptors (Lipinski definition) is 5. The molecule has 0 radical (unpaired) electrons. The molecule has 0 saturated heterocycles. The standard InChI is InChI=1S/C12H10N2O3S/c1-6-10(11(13)17)14-12(18-6)7-3-2-4-9(16)8(7)5-15/h2-5,16H,1H3,(H2,13,17). The van der Waals surface area contributed by atoms with Crippen LogP contribution in [0.3, 0.4) is 0 Å². The van der Waals surface area contributed by atoms with Crippen molar-refractivity contribution in [1.29, 1.82) is 0 Å². The predicted molar refractivity (Wildman–Crippen MR) is 67.9 cm³/mol. The summed E-state index contributed by atoms with van der Waals surface area (Å²) in [6, 6.07) is 4.69. The van der Waals surface area contributed by atoms with Gasteiger partial charge in [0.2, 0.25) is 0 Å². The molecule has 6 heteroatoms. The molecule has 5 nitrogen and oxygen atoms in total. The van der Waals surface area contributed by atoms with E-state index in [0.717, 1.165) is 0 Å². The number of carbonyl (C=O) groups is 2. The number of rotatable bonds is 3. The van der Waals surface area contributed by atoms with Crippen LogP contribution in [0.1, 0.15) is 25.7 Å². The lowest BCUT2D eigenvalue weighted by Gasteiger charge is -2.02. The molecule has 1 aromatic carbocycles. The molecule has 0 aliphatic heterocycles. The Labute approximate surface area is 107 Å². The van der Waals surface area contributed by atoms with Crippen molar-refractivity contribution in [3.8, 4) is 16.3 Å². The molecule has 18 heavy (non-hydrogen) atoms. The highest BCUT2D eigenvalue weighted by Crippen LogP contribution is 2.32. The van der Waals surface area contributed by atoms with Crippen molar-refractivity contribution in [2.45, 2.75) is 6.92 Å². The van der Waals surface area contributed by atoms with Crippen LogP contribution in [0.5, 0.6) is 5.75 Å². The average molecular weight is 262 g/mol. The van der Waals surface area contributed by atoms with Gasteiger partial charge in [0.25, 0.3) is 5.91 Å². The number of aromatic nitrogens is 1. The molecular formula is C12H10N2O3S. The molecule has 0 spiro atoms. The Bertz CT molecular complexity index is 634. The number of benzene rings is 1. The predicted octanol–water partition coefficient (Wildman–Crippen LogP) is 1.74. The number of nitrogens with zero attached hydrogens (tertiary/aromatic N) is 1. The Morgan fingerprint density at radius 3 is 2.78 bits per heavy atom. The molecule has 1 amide bonds. The maximum Gasteiger partial charge on any atom is 0.268 e. The third-order valence-electron chi connectivity index (χ3n) is 2.46. The zero-order chi connectivity index (χ0) is 13.3. The minimum absolute atomic E-state index is 0.115. The lowest BCUT2D eigenvalue weighted by Crippen LogP contribution is -2.12. The molecule has 1 aromatic heterocycles. The molecule has 0 aliphatic carbocycles. The molecule has 3 N–H and O–H groups in total. The second-order valence-electron chi connectivity index (χ2n) is 3.64. The molecule has 2 aromatic rings. The summed E-state index contributed by atoms with van der Waals surface area (Å²) in [6.45, 7) is 1.73. The van der Waals surface area contributed by atoms with E-state index < -0.39 is 5.91 Å². The number of nitrogens with two attached hydrogens (primary N) is 1. The van der Waals surface area contributed by atoms with Crippen molar-refractivity contribution in [3.63, 3.8) is 0 Å². The minimum atomic E-state index is -0.609. The Balaban J connectivity index is 2.62. The van der Waals surface area contributed by atoms with Crippen molar-refractivity contribution in [1.82, 2.24) is 4.98 Å². The SMILES string of the molecule is Cc1sc(-c2cccc(O)c2C=O)nc1C(N)=O. The lowest BCUT2D eigenvalue weighted by molar-refractivity contribution is 0.0995. The second-order valence-corrected chi connectivity index (χ2v) is 4.85. The Morgan fingerprint density at radius 2 is 2.22 bits per heavy atom. The van der Waals surface area contributed by atoms with Crippen LogP contribution >= 0.6 is 11.3 Å². The van der Waals surface area contributed by atoms with Gasteiger partial charge in [0.15, 0.2) is 6.29 Å². The first-order chi connectivity index (χ1) is 8.54. The molecule has 0 fully saturated rings. The van der Waals surface area contributed by atoms with Crippen molar-refractivity contribution >= 4 is 23.5 Å². The number of amides is 1. The first-order valence-corrected chi connectivity index (χ1v) is 5.91. The van der Waals surface area contributed by atoms with Gasteiger partial charge in [-0.2, -0.15) is 0 Å². The van der Waals surface area contributed by atoms with E-state index in [1.54, 1.807) is 19.1 Å². The van der Waals surface area contributed by atoms with E-state index in [0.29, 0.717) is 21.7 Å². The van der Waals surface area contributed by atoms with Crippen LogP contribution in [-0.4, -0.2) is 22.3 Å². The fourth-order valence-corrected chi connectivity index (χ4v) is 2.56. The highest BCUT2D eigenvalue weighted by molar-refractivity contribution is 7.15. The highest BCUT2D eigenvalue weighted by Gasteiger charge is 2.17.